The Hall–Kier alpha value is -5.45. The fraction of sp³-hybridized carbons (Fsp3) is 0.556. The van der Waals surface area contributed by atoms with Gasteiger partial charge in [0.05, 0.1) is 40.4 Å². The van der Waals surface area contributed by atoms with Gasteiger partial charge in [0.1, 0.15) is 11.8 Å². The smallest absolute Gasteiger partial charge is 0.395 e. The number of nitrogens with one attached hydrogen (secondary N) is 2. The Morgan fingerprint density at radius 2 is 1.67 bits per heavy atom. The van der Waals surface area contributed by atoms with E-state index in [9.17, 15) is 32.3 Å². The van der Waals surface area contributed by atoms with E-state index in [0.717, 1.165) is 74.2 Å². The minimum atomic E-state index is -4.35. The molecular weight excluding hydrogens is 900 g/mol. The number of methoxy groups -OCH3 is 1. The molecule has 3 atom stereocenters. The molecule has 4 aromatic rings. The van der Waals surface area contributed by atoms with Crippen LogP contribution in [0.1, 0.15) is 112 Å². The number of benzene rings is 3. The second-order valence-corrected chi connectivity index (χ2v) is 21.6. The fourth-order valence-corrected chi connectivity index (χ4v) is 11.8. The third-order valence-electron chi connectivity index (χ3n) is 15.8. The minimum Gasteiger partial charge on any atom is -0.497 e. The van der Waals surface area contributed by atoms with Crippen LogP contribution in [0.25, 0.3) is 16.6 Å². The van der Waals surface area contributed by atoms with Crippen LogP contribution in [0.3, 0.4) is 0 Å². The maximum Gasteiger partial charge on any atom is 0.395 e. The van der Waals surface area contributed by atoms with E-state index in [1.807, 2.05) is 21.9 Å². The van der Waals surface area contributed by atoms with Crippen molar-refractivity contribution in [3.8, 4) is 5.75 Å². The zero-order valence-corrected chi connectivity index (χ0v) is 41.3. The number of hydrogen-bond donors (Lipinski definition) is 2. The van der Waals surface area contributed by atoms with Gasteiger partial charge in [0, 0.05) is 77.3 Å². The molecule has 3 amide bonds. The molecular formula is C54H68F3N7O6. The van der Waals surface area contributed by atoms with Crippen LogP contribution in [0.15, 0.2) is 71.5 Å². The van der Waals surface area contributed by atoms with Gasteiger partial charge in [0.25, 0.3) is 5.91 Å². The number of piperidine rings is 1. The summed E-state index contributed by atoms with van der Waals surface area (Å²) in [5, 5.41) is 5.73. The Kier molecular flexibility index (Phi) is 13.9. The van der Waals surface area contributed by atoms with E-state index in [4.69, 9.17) is 9.47 Å². The molecule has 16 heteroatoms. The van der Waals surface area contributed by atoms with E-state index in [-0.39, 0.29) is 47.9 Å². The van der Waals surface area contributed by atoms with Gasteiger partial charge in [-0.25, -0.2) is 4.79 Å². The van der Waals surface area contributed by atoms with Gasteiger partial charge in [-0.2, -0.15) is 13.2 Å². The number of ether oxygens (including phenoxy) is 2. The highest BCUT2D eigenvalue weighted by molar-refractivity contribution is 6.08. The average Bonchev–Trinajstić information content (AvgIpc) is 3.62. The molecule has 1 unspecified atom stereocenters. The minimum absolute atomic E-state index is 0.0926. The summed E-state index contributed by atoms with van der Waals surface area (Å²) >= 11 is 0. The number of allylic oxidation sites excluding steroid dienone is 2. The summed E-state index contributed by atoms with van der Waals surface area (Å²) in [5.41, 5.74) is 4.06. The Morgan fingerprint density at radius 1 is 0.929 bits per heavy atom. The SMILES string of the molecule is COc1ccc([C@]2(CCN(Cc3ccc(C4=CC[C@@H](CN5CCN(C(=O)c6ccc7c8c6NCCn8c(=O)n7C6CCC(=O)NC6=O)CC5)CC4)cc3)CC(C)(C)C(F)(F)F)CCOC(C)(C)C2)cc1. The molecule has 3 fully saturated rings. The van der Waals surface area contributed by atoms with Gasteiger partial charge in [-0.3, -0.25) is 38.6 Å². The van der Waals surface area contributed by atoms with Crippen molar-refractivity contribution in [2.75, 3.05) is 71.4 Å². The zero-order chi connectivity index (χ0) is 49.6. The number of nitrogens with zero attached hydrogens (tertiary/aromatic N) is 5. The zero-order valence-electron chi connectivity index (χ0n) is 41.3. The number of anilines is 1. The normalized spacial score (nSPS) is 23.3. The molecule has 70 heavy (non-hydrogen) atoms. The number of amides is 3. The lowest BCUT2D eigenvalue weighted by atomic mass is 9.67. The van der Waals surface area contributed by atoms with Crippen LogP contribution in [0.5, 0.6) is 5.75 Å². The summed E-state index contributed by atoms with van der Waals surface area (Å²) in [6.45, 7) is 12.7. The molecule has 0 radical (unpaired) electrons. The van der Waals surface area contributed by atoms with Crippen molar-refractivity contribution in [3.05, 3.63) is 99.5 Å². The van der Waals surface area contributed by atoms with Crippen LogP contribution in [0.2, 0.25) is 0 Å². The van der Waals surface area contributed by atoms with Crippen LogP contribution in [-0.2, 0) is 32.8 Å². The van der Waals surface area contributed by atoms with Crippen molar-refractivity contribution < 1.29 is 37.0 Å². The van der Waals surface area contributed by atoms with Crippen molar-refractivity contribution in [2.24, 2.45) is 11.3 Å². The van der Waals surface area contributed by atoms with E-state index < -0.39 is 23.5 Å². The van der Waals surface area contributed by atoms with Gasteiger partial charge in [-0.05, 0) is 132 Å². The second kappa shape index (κ2) is 19.6. The van der Waals surface area contributed by atoms with Gasteiger partial charge in [-0.1, -0.05) is 42.5 Å². The summed E-state index contributed by atoms with van der Waals surface area (Å²) in [6.07, 6.45) is 3.59. The Morgan fingerprint density at radius 3 is 2.33 bits per heavy atom. The van der Waals surface area contributed by atoms with Gasteiger partial charge in [-0.15, -0.1) is 0 Å². The van der Waals surface area contributed by atoms with Gasteiger partial charge in [0.15, 0.2) is 0 Å². The molecule has 3 aromatic carbocycles. The molecule has 1 aromatic heterocycles. The number of hydrogen-bond acceptors (Lipinski definition) is 9. The van der Waals surface area contributed by atoms with E-state index in [1.165, 1.54) is 24.0 Å². The molecule has 5 aliphatic rings. The highest BCUT2D eigenvalue weighted by Crippen LogP contribution is 2.46. The maximum atomic E-state index is 14.4. The number of carbonyl (C=O) groups excluding carboxylic acids is 3. The number of imidazole rings is 1. The summed E-state index contributed by atoms with van der Waals surface area (Å²) in [4.78, 5) is 58.6. The van der Waals surface area contributed by atoms with Crippen LogP contribution in [0, 0.1) is 11.3 Å². The van der Waals surface area contributed by atoms with Crippen LogP contribution in [0.4, 0.5) is 18.9 Å². The summed E-state index contributed by atoms with van der Waals surface area (Å²) in [5.74, 6) is 0.330. The number of imide groups is 1. The Balaban J connectivity index is 0.807. The first-order valence-corrected chi connectivity index (χ1v) is 25.1. The molecule has 0 bridgehead atoms. The summed E-state index contributed by atoms with van der Waals surface area (Å²) < 4.78 is 57.9. The van der Waals surface area contributed by atoms with Gasteiger partial charge in [0.2, 0.25) is 11.8 Å². The molecule has 3 saturated heterocycles. The first kappa shape index (κ1) is 49.5. The molecule has 5 heterocycles. The van der Waals surface area contributed by atoms with E-state index in [2.05, 4.69) is 71.9 Å². The molecule has 2 N–H and O–H groups in total. The highest BCUT2D eigenvalue weighted by Gasteiger charge is 2.49. The average molecular weight is 968 g/mol. The quantitative estimate of drug-likeness (QED) is 0.120. The molecule has 376 valence electrons. The third-order valence-corrected chi connectivity index (χ3v) is 15.8. The van der Waals surface area contributed by atoms with Crippen molar-refractivity contribution in [2.45, 2.75) is 115 Å². The third kappa shape index (κ3) is 10.2. The first-order valence-electron chi connectivity index (χ1n) is 25.1. The van der Waals surface area contributed by atoms with Gasteiger partial charge >= 0.3 is 11.9 Å². The molecule has 4 aliphatic heterocycles. The van der Waals surface area contributed by atoms with Crippen LogP contribution >= 0.6 is 0 Å². The van der Waals surface area contributed by atoms with E-state index in [0.29, 0.717) is 80.5 Å². The number of aromatic nitrogens is 2. The standard InChI is InChI=1S/C54H68F3N7O6/c1-51(2,54(55,56)57)35-61(25-22-53(23-31-70-52(3,4)34-53)40-14-16-41(69-5)17-15-40)33-37-8-12-39(13-9-37)38-10-6-36(7-11-38)32-60-27-29-62(30-28-60)49(67)42-18-19-43-47-46(42)58-24-26-63(47)50(68)64(43)44-20-21-45(65)59-48(44)66/h8-10,12-19,36,44,58H,6-7,11,20-35H2,1-5H3,(H,59,65,66)/t36-,44?,53-/m1/s1. The lowest BCUT2D eigenvalue weighted by Gasteiger charge is -2.46. The predicted molar refractivity (Wildman–Crippen MR) is 264 cm³/mol. The first-order chi connectivity index (χ1) is 33.3. The molecule has 13 nitrogen and oxygen atoms in total. The Labute approximate surface area is 408 Å². The summed E-state index contributed by atoms with van der Waals surface area (Å²) in [6, 6.07) is 19.2. The van der Waals surface area contributed by atoms with Gasteiger partial charge < -0.3 is 19.7 Å². The van der Waals surface area contributed by atoms with Crippen LogP contribution in [-0.4, -0.2) is 119 Å². The maximum absolute atomic E-state index is 14.4. The second-order valence-electron chi connectivity index (χ2n) is 21.6. The molecule has 0 saturated carbocycles. The van der Waals surface area contributed by atoms with Crippen LogP contribution < -0.4 is 21.1 Å². The van der Waals surface area contributed by atoms with Crippen molar-refractivity contribution in [3.63, 3.8) is 0 Å². The molecule has 0 spiro atoms. The highest BCUT2D eigenvalue weighted by atomic mass is 19.4. The molecule has 9 rings (SSSR count). The monoisotopic (exact) mass is 968 g/mol. The number of halogens is 3. The lowest BCUT2D eigenvalue weighted by molar-refractivity contribution is -0.217. The van der Waals surface area contributed by atoms with Crippen molar-refractivity contribution >= 4 is 40.0 Å². The van der Waals surface area contributed by atoms with E-state index >= 15 is 0 Å². The number of piperazine rings is 1. The largest absolute Gasteiger partial charge is 0.497 e. The number of alkyl halides is 3. The topological polar surface area (TPSA) is 130 Å². The summed E-state index contributed by atoms with van der Waals surface area (Å²) in [7, 11) is 1.64. The lowest BCUT2D eigenvalue weighted by Crippen LogP contribution is -2.50. The van der Waals surface area contributed by atoms with Crippen molar-refractivity contribution in [1.82, 2.24) is 29.2 Å². The predicted octanol–water partition coefficient (Wildman–Crippen LogP) is 8.16. The fourth-order valence-electron chi connectivity index (χ4n) is 11.8. The van der Waals surface area contributed by atoms with Crippen molar-refractivity contribution in [1.29, 1.82) is 0 Å². The molecule has 1 aliphatic carbocycles. The number of carbonyl (C=O) groups is 3. The number of rotatable bonds is 14. The van der Waals surface area contributed by atoms with E-state index in [1.54, 1.807) is 23.8 Å². The Bertz CT molecular complexity index is 2680.